The number of hydrogen-bond acceptors (Lipinski definition) is 4. The van der Waals surface area contributed by atoms with Gasteiger partial charge in [-0.2, -0.15) is 0 Å². The molecule has 0 amide bonds. The third kappa shape index (κ3) is 6.80. The molecule has 0 bridgehead atoms. The van der Waals surface area contributed by atoms with Crippen LogP contribution in [-0.4, -0.2) is 43.1 Å². The van der Waals surface area contributed by atoms with Gasteiger partial charge in [0.1, 0.15) is 12.6 Å². The van der Waals surface area contributed by atoms with Crippen molar-refractivity contribution < 1.29 is 9.53 Å². The molecule has 1 saturated heterocycles. The standard InChI is InChI=1S/C19H30N2O2.ClH/c1-15(2)12-18(21(3)13-17-10-7-11-20-17)19(22)23-14-16-8-5-4-6-9-16;/h4-6,8-9,15,17-18,20H,7,10-14H2,1-3H3;1H/t17-,18?;/m0./s1. The molecule has 1 N–H and O–H groups in total. The number of carbonyl (C=O) groups excluding carboxylic acids is 1. The van der Waals surface area contributed by atoms with Gasteiger partial charge in [-0.25, -0.2) is 0 Å². The average molecular weight is 355 g/mol. The molecule has 5 heteroatoms. The number of hydrogen-bond donors (Lipinski definition) is 1. The number of likely N-dealkylation sites (N-methyl/N-ethyl adjacent to an activating group) is 1. The maximum atomic E-state index is 12.6. The minimum absolute atomic E-state index is 0. The Morgan fingerprint density at radius 1 is 1.33 bits per heavy atom. The van der Waals surface area contributed by atoms with Crippen molar-refractivity contribution in [1.29, 1.82) is 0 Å². The fraction of sp³-hybridized carbons (Fsp3) is 0.632. The quantitative estimate of drug-likeness (QED) is 0.728. The van der Waals surface area contributed by atoms with E-state index in [1.54, 1.807) is 0 Å². The maximum absolute atomic E-state index is 12.6. The summed E-state index contributed by atoms with van der Waals surface area (Å²) in [7, 11) is 2.04. The maximum Gasteiger partial charge on any atom is 0.323 e. The average Bonchev–Trinajstić information content (AvgIpc) is 3.04. The van der Waals surface area contributed by atoms with Crippen molar-refractivity contribution in [2.45, 2.75) is 51.8 Å². The second-order valence-electron chi connectivity index (χ2n) is 6.97. The summed E-state index contributed by atoms with van der Waals surface area (Å²) in [4.78, 5) is 14.7. The largest absolute Gasteiger partial charge is 0.460 e. The van der Waals surface area contributed by atoms with Gasteiger partial charge in [-0.05, 0) is 44.3 Å². The Morgan fingerprint density at radius 2 is 2.04 bits per heavy atom. The van der Waals surface area contributed by atoms with Gasteiger partial charge < -0.3 is 10.1 Å². The number of benzene rings is 1. The van der Waals surface area contributed by atoms with E-state index < -0.39 is 0 Å². The topological polar surface area (TPSA) is 41.6 Å². The van der Waals surface area contributed by atoms with Gasteiger partial charge in [-0.15, -0.1) is 12.4 Å². The molecule has 24 heavy (non-hydrogen) atoms. The fourth-order valence-electron chi connectivity index (χ4n) is 3.11. The van der Waals surface area contributed by atoms with E-state index in [1.807, 2.05) is 37.4 Å². The first-order chi connectivity index (χ1) is 11.1. The summed E-state index contributed by atoms with van der Waals surface area (Å²) in [6.45, 7) is 6.64. The molecule has 2 atom stereocenters. The van der Waals surface area contributed by atoms with E-state index in [1.165, 1.54) is 12.8 Å². The highest BCUT2D eigenvalue weighted by Gasteiger charge is 2.28. The van der Waals surface area contributed by atoms with Crippen LogP contribution in [0.25, 0.3) is 0 Å². The summed E-state index contributed by atoms with van der Waals surface area (Å²) < 4.78 is 5.58. The Morgan fingerprint density at radius 3 is 2.62 bits per heavy atom. The predicted octanol–water partition coefficient (Wildman–Crippen LogP) is 3.25. The zero-order valence-electron chi connectivity index (χ0n) is 15.0. The van der Waals surface area contributed by atoms with Gasteiger partial charge in [0.25, 0.3) is 0 Å². The number of nitrogens with one attached hydrogen (secondary N) is 1. The molecule has 4 nitrogen and oxygen atoms in total. The van der Waals surface area contributed by atoms with Crippen molar-refractivity contribution in [2.75, 3.05) is 20.1 Å². The lowest BCUT2D eigenvalue weighted by Gasteiger charge is -2.29. The first-order valence-electron chi connectivity index (χ1n) is 8.70. The van der Waals surface area contributed by atoms with Crippen LogP contribution in [0.15, 0.2) is 30.3 Å². The van der Waals surface area contributed by atoms with Crippen LogP contribution >= 0.6 is 12.4 Å². The van der Waals surface area contributed by atoms with E-state index in [0.29, 0.717) is 18.6 Å². The van der Waals surface area contributed by atoms with Gasteiger partial charge in [-0.1, -0.05) is 44.2 Å². The first kappa shape index (κ1) is 20.9. The van der Waals surface area contributed by atoms with E-state index in [2.05, 4.69) is 24.1 Å². The summed E-state index contributed by atoms with van der Waals surface area (Å²) in [5, 5.41) is 3.50. The molecule has 2 rings (SSSR count). The molecule has 1 fully saturated rings. The van der Waals surface area contributed by atoms with Crippen molar-refractivity contribution >= 4 is 18.4 Å². The molecule has 0 saturated carbocycles. The fourth-order valence-corrected chi connectivity index (χ4v) is 3.11. The number of esters is 1. The lowest BCUT2D eigenvalue weighted by Crippen LogP contribution is -2.46. The van der Waals surface area contributed by atoms with Gasteiger partial charge in [0.05, 0.1) is 0 Å². The molecule has 1 aliphatic heterocycles. The van der Waals surface area contributed by atoms with Crippen molar-refractivity contribution in [3.8, 4) is 0 Å². The molecular weight excluding hydrogens is 324 g/mol. The lowest BCUT2D eigenvalue weighted by atomic mass is 10.0. The second kappa shape index (κ2) is 10.7. The minimum atomic E-state index is -0.166. The highest BCUT2D eigenvalue weighted by atomic mass is 35.5. The first-order valence-corrected chi connectivity index (χ1v) is 8.70. The van der Waals surface area contributed by atoms with Crippen LogP contribution in [0.2, 0.25) is 0 Å². The Hall–Kier alpha value is -1.10. The van der Waals surface area contributed by atoms with Crippen LogP contribution in [0.1, 0.15) is 38.7 Å². The van der Waals surface area contributed by atoms with Crippen molar-refractivity contribution in [1.82, 2.24) is 10.2 Å². The van der Waals surface area contributed by atoms with Crippen LogP contribution in [0, 0.1) is 5.92 Å². The summed E-state index contributed by atoms with van der Waals surface area (Å²) in [6.07, 6.45) is 3.25. The number of carbonyl (C=O) groups is 1. The zero-order valence-corrected chi connectivity index (χ0v) is 15.8. The van der Waals surface area contributed by atoms with Gasteiger partial charge in [0.2, 0.25) is 0 Å². The van der Waals surface area contributed by atoms with E-state index in [0.717, 1.165) is 25.1 Å². The van der Waals surface area contributed by atoms with Crippen molar-refractivity contribution in [3.63, 3.8) is 0 Å². The van der Waals surface area contributed by atoms with E-state index in [9.17, 15) is 4.79 Å². The van der Waals surface area contributed by atoms with Gasteiger partial charge in [-0.3, -0.25) is 9.69 Å². The van der Waals surface area contributed by atoms with Crippen molar-refractivity contribution in [3.05, 3.63) is 35.9 Å². The van der Waals surface area contributed by atoms with Crippen LogP contribution in [0.4, 0.5) is 0 Å². The molecule has 1 heterocycles. The molecule has 136 valence electrons. The van der Waals surface area contributed by atoms with Crippen LogP contribution < -0.4 is 5.32 Å². The molecule has 1 aromatic rings. The molecule has 1 unspecified atom stereocenters. The monoisotopic (exact) mass is 354 g/mol. The number of ether oxygens (including phenoxy) is 1. The summed E-state index contributed by atoms with van der Waals surface area (Å²) in [5.74, 6) is 0.353. The molecule has 1 aliphatic rings. The number of rotatable bonds is 8. The molecule has 0 radical (unpaired) electrons. The Bertz CT molecular complexity index is 476. The minimum Gasteiger partial charge on any atom is -0.460 e. The molecule has 0 aliphatic carbocycles. The molecule has 1 aromatic carbocycles. The molecular formula is C19H31ClN2O2. The van der Waals surface area contributed by atoms with Gasteiger partial charge in [0.15, 0.2) is 0 Å². The SMILES string of the molecule is CC(C)CC(C(=O)OCc1ccccc1)N(C)C[C@@H]1CCCN1.Cl. The Labute approximate surface area is 152 Å². The van der Waals surface area contributed by atoms with Crippen molar-refractivity contribution in [2.24, 2.45) is 5.92 Å². The second-order valence-corrected chi connectivity index (χ2v) is 6.97. The van der Waals surface area contributed by atoms with Gasteiger partial charge >= 0.3 is 5.97 Å². The number of nitrogens with zero attached hydrogens (tertiary/aromatic N) is 1. The predicted molar refractivity (Wildman–Crippen MR) is 100 cm³/mol. The van der Waals surface area contributed by atoms with E-state index in [-0.39, 0.29) is 24.4 Å². The number of halogens is 1. The molecule has 0 aromatic heterocycles. The third-order valence-corrected chi connectivity index (χ3v) is 4.39. The highest BCUT2D eigenvalue weighted by Crippen LogP contribution is 2.16. The highest BCUT2D eigenvalue weighted by molar-refractivity contribution is 5.85. The van der Waals surface area contributed by atoms with Gasteiger partial charge in [0, 0.05) is 12.6 Å². The molecule has 0 spiro atoms. The Kier molecular flexibility index (Phi) is 9.34. The smallest absolute Gasteiger partial charge is 0.323 e. The van der Waals surface area contributed by atoms with Crippen LogP contribution in [0.3, 0.4) is 0 Å². The zero-order chi connectivity index (χ0) is 16.7. The van der Waals surface area contributed by atoms with E-state index in [4.69, 9.17) is 4.74 Å². The van der Waals surface area contributed by atoms with Crippen LogP contribution in [0.5, 0.6) is 0 Å². The van der Waals surface area contributed by atoms with E-state index >= 15 is 0 Å². The summed E-state index contributed by atoms with van der Waals surface area (Å²) in [6, 6.07) is 10.2. The normalized spacial score (nSPS) is 18.5. The summed E-state index contributed by atoms with van der Waals surface area (Å²) >= 11 is 0. The lowest BCUT2D eigenvalue weighted by molar-refractivity contribution is -0.151. The Balaban J connectivity index is 0.00000288. The third-order valence-electron chi connectivity index (χ3n) is 4.39. The van der Waals surface area contributed by atoms with Crippen LogP contribution in [-0.2, 0) is 16.1 Å². The summed E-state index contributed by atoms with van der Waals surface area (Å²) in [5.41, 5.74) is 1.03.